The molecule has 0 saturated heterocycles. The van der Waals surface area contributed by atoms with Crippen molar-refractivity contribution >= 4 is 21.9 Å². The number of carbonyl (C=O) groups excluding carboxylic acids is 1. The lowest BCUT2D eigenvalue weighted by molar-refractivity contribution is -0.150. The zero-order valence-corrected chi connectivity index (χ0v) is 40.4. The number of hydrogen-bond acceptors (Lipinski definition) is 10. The maximum absolute atomic E-state index is 12.6. The molecular weight excluding hydrogens is 923 g/mol. The lowest BCUT2D eigenvalue weighted by Crippen LogP contribution is -2.41. The van der Waals surface area contributed by atoms with E-state index in [4.69, 9.17) is 23.0 Å². The molecule has 0 aliphatic rings. The third-order valence-corrected chi connectivity index (χ3v) is 12.1. The van der Waals surface area contributed by atoms with Gasteiger partial charge in [-0.15, -0.1) is 10.2 Å². The number of aromatic amines is 1. The molecule has 0 aliphatic carbocycles. The third kappa shape index (κ3) is 11.7. The van der Waals surface area contributed by atoms with Crippen LogP contribution in [0.3, 0.4) is 0 Å². The van der Waals surface area contributed by atoms with Gasteiger partial charge in [-0.05, 0) is 121 Å². The van der Waals surface area contributed by atoms with E-state index in [1.165, 1.54) is 12.7 Å². The van der Waals surface area contributed by atoms with Crippen molar-refractivity contribution in [3.05, 3.63) is 202 Å². The monoisotopic (exact) mass is 975 g/mol. The van der Waals surface area contributed by atoms with Crippen LogP contribution in [0.15, 0.2) is 165 Å². The number of aryl methyl sites for hydroxylation is 3. The molecule has 1 N–H and O–H groups in total. The first-order valence-corrected chi connectivity index (χ1v) is 23.2. The van der Waals surface area contributed by atoms with Crippen LogP contribution in [0, 0.1) is 20.8 Å². The van der Waals surface area contributed by atoms with Crippen molar-refractivity contribution in [1.29, 1.82) is 0 Å². The first-order valence-electron chi connectivity index (χ1n) is 22.5. The molecule has 0 bridgehead atoms. The van der Waals surface area contributed by atoms with E-state index >= 15 is 0 Å². The molecule has 0 spiro atoms. The lowest BCUT2D eigenvalue weighted by atomic mass is 9.92. The normalized spacial score (nSPS) is 12.4. The number of benzene rings is 4. The molecular formula is C54H54BrN7O6. The molecule has 0 fully saturated rings. The summed E-state index contributed by atoms with van der Waals surface area (Å²) in [7, 11) is 1.41. The van der Waals surface area contributed by atoms with Crippen molar-refractivity contribution < 1.29 is 27.8 Å². The van der Waals surface area contributed by atoms with Crippen molar-refractivity contribution in [3.63, 3.8) is 0 Å². The molecule has 0 aliphatic heterocycles. The Morgan fingerprint density at radius 1 is 0.691 bits per heavy atom. The minimum Gasteiger partial charge on any atom is -0.493 e. The molecule has 13 nitrogen and oxygen atoms in total. The van der Waals surface area contributed by atoms with Crippen LogP contribution in [0.2, 0.25) is 0 Å². The van der Waals surface area contributed by atoms with E-state index in [1.807, 2.05) is 160 Å². The van der Waals surface area contributed by atoms with Crippen LogP contribution in [-0.4, -0.2) is 60.6 Å². The molecule has 348 valence electrons. The first-order chi connectivity index (χ1) is 33.0. The quantitative estimate of drug-likeness (QED) is 0.0824. The van der Waals surface area contributed by atoms with Crippen molar-refractivity contribution in [1.82, 2.24) is 34.3 Å². The number of ether oxygens (including phenoxy) is 3. The number of aromatic nitrogens is 7. The van der Waals surface area contributed by atoms with Gasteiger partial charge in [-0.2, -0.15) is 0 Å². The number of halogens is 1. The molecule has 0 saturated carbocycles. The van der Waals surface area contributed by atoms with Crippen LogP contribution in [0.4, 0.5) is 0 Å². The number of nitrogens with one attached hydrogen (secondary N) is 1. The summed E-state index contributed by atoms with van der Waals surface area (Å²) >= 11 is 3.45. The highest BCUT2D eigenvalue weighted by Gasteiger charge is 2.36. The van der Waals surface area contributed by atoms with Gasteiger partial charge in [0.1, 0.15) is 34.4 Å². The number of nitrogens with zero attached hydrogens (tertiary/aromatic N) is 6. The van der Waals surface area contributed by atoms with Crippen LogP contribution < -0.4 is 9.47 Å². The van der Waals surface area contributed by atoms with Gasteiger partial charge in [0.05, 0.1) is 37.8 Å². The van der Waals surface area contributed by atoms with Gasteiger partial charge >= 0.3 is 5.97 Å². The van der Waals surface area contributed by atoms with Crippen molar-refractivity contribution in [2.75, 3.05) is 20.3 Å². The van der Waals surface area contributed by atoms with Crippen LogP contribution >= 0.6 is 15.9 Å². The Morgan fingerprint density at radius 2 is 1.22 bits per heavy atom. The number of H-pyrrole nitrogens is 1. The summed E-state index contributed by atoms with van der Waals surface area (Å²) in [6.07, 6.45) is 10.5. The van der Waals surface area contributed by atoms with Crippen molar-refractivity contribution in [3.8, 4) is 34.4 Å². The Balaban J connectivity index is 0.000000184. The minimum absolute atomic E-state index is 0.0527. The van der Waals surface area contributed by atoms with E-state index in [0.717, 1.165) is 73.6 Å². The van der Waals surface area contributed by atoms with E-state index in [1.54, 1.807) is 0 Å². The van der Waals surface area contributed by atoms with Gasteiger partial charge in [-0.25, -0.2) is 14.8 Å². The summed E-state index contributed by atoms with van der Waals surface area (Å²) < 4.78 is 33.6. The van der Waals surface area contributed by atoms with Crippen LogP contribution in [0.25, 0.3) is 22.9 Å². The second kappa shape index (κ2) is 21.9. The van der Waals surface area contributed by atoms with E-state index < -0.39 is 5.54 Å². The summed E-state index contributed by atoms with van der Waals surface area (Å²) in [5, 5.41) is 8.45. The first kappa shape index (κ1) is 47.1. The summed E-state index contributed by atoms with van der Waals surface area (Å²) in [5.41, 5.74) is 5.09. The fourth-order valence-corrected chi connectivity index (χ4v) is 8.22. The van der Waals surface area contributed by atoms with Crippen molar-refractivity contribution in [2.24, 2.45) is 0 Å². The predicted octanol–water partition coefficient (Wildman–Crippen LogP) is 11.3. The summed E-state index contributed by atoms with van der Waals surface area (Å²) in [6.45, 7) is 8.67. The number of carbonyl (C=O) groups is 1. The predicted molar refractivity (Wildman–Crippen MR) is 264 cm³/mol. The van der Waals surface area contributed by atoms with E-state index in [0.29, 0.717) is 44.3 Å². The Morgan fingerprint density at radius 3 is 1.69 bits per heavy atom. The second-order valence-electron chi connectivity index (χ2n) is 16.6. The minimum atomic E-state index is -0.857. The molecule has 9 rings (SSSR count). The Bertz CT molecular complexity index is 2980. The second-order valence-corrected chi connectivity index (χ2v) is 17.5. The Hall–Kier alpha value is -7.45. The molecule has 9 aromatic rings. The van der Waals surface area contributed by atoms with Gasteiger partial charge in [0, 0.05) is 66.1 Å². The average molecular weight is 977 g/mol. The summed E-state index contributed by atoms with van der Waals surface area (Å²) in [5.74, 6) is 5.87. The van der Waals surface area contributed by atoms with Crippen LogP contribution in [0.1, 0.15) is 58.6 Å². The molecule has 1 unspecified atom stereocenters. The van der Waals surface area contributed by atoms with E-state index in [2.05, 4.69) is 70.2 Å². The maximum Gasteiger partial charge on any atom is 0.332 e. The largest absolute Gasteiger partial charge is 0.493 e. The lowest BCUT2D eigenvalue weighted by Gasteiger charge is -2.29. The van der Waals surface area contributed by atoms with E-state index in [9.17, 15) is 4.79 Å². The Kier molecular flexibility index (Phi) is 15.2. The number of methoxy groups -OCH3 is 1. The van der Waals surface area contributed by atoms with Gasteiger partial charge < -0.3 is 37.2 Å². The fourth-order valence-electron chi connectivity index (χ4n) is 7.88. The summed E-state index contributed by atoms with van der Waals surface area (Å²) in [4.78, 5) is 25.2. The number of oxazole rings is 2. The van der Waals surface area contributed by atoms with Crippen molar-refractivity contribution in [2.45, 2.75) is 65.0 Å². The zero-order valence-electron chi connectivity index (χ0n) is 38.8. The SMILES string of the molecule is COC(=O)C(C)(Cc1ccc(OCCc2nc(-c3ccccc3)oc2C)cc1)n1ccc(Br)c1.Cc1nnc([C@H](Cc2ccc(OCCc3nc(-c4ccccc4)oc3C)cc2)n2cccc2)[nH]1. The standard InChI is InChI=1S/C27H27BrN2O4.C27H27N5O2/c1-19-24(29-25(34-19)21-7-5-4-6-8-21)14-16-33-23-11-9-20(10-12-23)17-27(2,26(31)32-3)30-15-13-22(28)18-30;1-19-24(29-27(34-19)22-8-4-3-5-9-22)14-17-33-23-12-10-21(11-13-23)18-25(32-15-6-7-16-32)26-28-20(2)30-31-26/h4-13,15,18H,14,16-17H2,1-3H3;3-13,15-16,25H,14,17-18H2,1-2H3,(H,28,30,31)/t;25-/m.0/s1. The molecule has 4 aromatic carbocycles. The fraction of sp³-hybridized carbons (Fsp3) is 0.241. The van der Waals surface area contributed by atoms with Gasteiger partial charge in [0.25, 0.3) is 0 Å². The molecule has 5 heterocycles. The van der Waals surface area contributed by atoms with Gasteiger partial charge in [-0.3, -0.25) is 0 Å². The Labute approximate surface area is 404 Å². The highest BCUT2D eigenvalue weighted by atomic mass is 79.9. The van der Waals surface area contributed by atoms with E-state index in [-0.39, 0.29) is 12.0 Å². The smallest absolute Gasteiger partial charge is 0.332 e. The molecule has 2 atom stereocenters. The number of hydrogen-bond donors (Lipinski definition) is 1. The van der Waals surface area contributed by atoms with Crippen LogP contribution in [-0.2, 0) is 40.8 Å². The highest BCUT2D eigenvalue weighted by Crippen LogP contribution is 2.29. The maximum atomic E-state index is 12.6. The number of rotatable bonds is 18. The van der Waals surface area contributed by atoms with Gasteiger partial charge in [-0.1, -0.05) is 60.7 Å². The molecule has 5 aromatic heterocycles. The van der Waals surface area contributed by atoms with Gasteiger partial charge in [0.2, 0.25) is 11.8 Å². The third-order valence-electron chi connectivity index (χ3n) is 11.6. The topological polar surface area (TPSA) is 148 Å². The van der Waals surface area contributed by atoms with Crippen LogP contribution in [0.5, 0.6) is 11.5 Å². The highest BCUT2D eigenvalue weighted by molar-refractivity contribution is 9.10. The zero-order chi connectivity index (χ0) is 47.5. The molecule has 14 heteroatoms. The molecule has 0 radical (unpaired) electrons. The number of esters is 1. The van der Waals surface area contributed by atoms with Gasteiger partial charge in [0.15, 0.2) is 5.82 Å². The summed E-state index contributed by atoms with van der Waals surface area (Å²) in [6, 6.07) is 41.8. The molecule has 0 amide bonds. The average Bonchev–Trinajstić information content (AvgIpc) is 4.24. The molecule has 68 heavy (non-hydrogen) atoms.